The van der Waals surface area contributed by atoms with E-state index in [1.807, 2.05) is 6.07 Å². The van der Waals surface area contributed by atoms with Crippen molar-refractivity contribution in [2.75, 3.05) is 0 Å². The fourth-order valence-electron chi connectivity index (χ4n) is 1.16. The van der Waals surface area contributed by atoms with Crippen LogP contribution in [0.25, 0.3) is 0 Å². The van der Waals surface area contributed by atoms with Crippen molar-refractivity contribution in [3.05, 3.63) is 35.4 Å². The fourth-order valence-corrected chi connectivity index (χ4v) is 1.16. The minimum Gasteiger partial charge on any atom is -0.334 e. The highest BCUT2D eigenvalue weighted by atomic mass is 19.2. The van der Waals surface area contributed by atoms with E-state index in [0.717, 1.165) is 12.1 Å². The van der Waals surface area contributed by atoms with E-state index in [-0.39, 0.29) is 5.56 Å². The van der Waals surface area contributed by atoms with Crippen molar-refractivity contribution in [2.45, 2.75) is 25.8 Å². The third-order valence-corrected chi connectivity index (χ3v) is 2.53. The highest BCUT2D eigenvalue weighted by molar-refractivity contribution is 5.94. The zero-order chi connectivity index (χ0) is 13.1. The fraction of sp³-hybridized carbons (Fsp3) is 0.333. The lowest BCUT2D eigenvalue weighted by atomic mass is 10.0. The summed E-state index contributed by atoms with van der Waals surface area (Å²) in [7, 11) is 0. The normalized spacial score (nSPS) is 13.6. The smallest absolute Gasteiger partial charge is 0.252 e. The number of hydrogen-bond donors (Lipinski definition) is 1. The lowest BCUT2D eigenvalue weighted by Gasteiger charge is -2.21. The molecule has 1 rings (SSSR count). The maximum absolute atomic E-state index is 12.9. The van der Waals surface area contributed by atoms with E-state index in [1.54, 1.807) is 13.8 Å². The Bertz CT molecular complexity index is 482. The van der Waals surface area contributed by atoms with Crippen LogP contribution in [0.5, 0.6) is 0 Å². The molecule has 0 radical (unpaired) electrons. The molecule has 90 valence electrons. The summed E-state index contributed by atoms with van der Waals surface area (Å²) in [4.78, 5) is 11.7. The first-order chi connectivity index (χ1) is 7.91. The van der Waals surface area contributed by atoms with Gasteiger partial charge < -0.3 is 5.32 Å². The summed E-state index contributed by atoms with van der Waals surface area (Å²) in [5.41, 5.74) is -1.03. The number of nitriles is 1. The second-order valence-corrected chi connectivity index (χ2v) is 3.88. The van der Waals surface area contributed by atoms with Crippen LogP contribution in [0.4, 0.5) is 8.78 Å². The maximum Gasteiger partial charge on any atom is 0.252 e. The summed E-state index contributed by atoms with van der Waals surface area (Å²) in [6, 6.07) is 4.80. The summed E-state index contributed by atoms with van der Waals surface area (Å²) in [6.07, 6.45) is 0.416. The van der Waals surface area contributed by atoms with Gasteiger partial charge >= 0.3 is 0 Å². The molecule has 0 heterocycles. The van der Waals surface area contributed by atoms with Gasteiger partial charge in [0, 0.05) is 5.56 Å². The molecule has 0 aliphatic heterocycles. The zero-order valence-electron chi connectivity index (χ0n) is 9.55. The molecular weight excluding hydrogens is 226 g/mol. The van der Waals surface area contributed by atoms with Crippen LogP contribution in [0.15, 0.2) is 18.2 Å². The molecule has 0 aliphatic rings. The number of nitrogens with zero attached hydrogens (tertiary/aromatic N) is 1. The largest absolute Gasteiger partial charge is 0.334 e. The molecule has 0 aliphatic carbocycles. The van der Waals surface area contributed by atoms with Gasteiger partial charge in [0.15, 0.2) is 11.6 Å². The number of benzene rings is 1. The predicted molar refractivity (Wildman–Crippen MR) is 58.1 cm³/mol. The Kier molecular flexibility index (Phi) is 3.79. The van der Waals surface area contributed by atoms with Gasteiger partial charge in [0.25, 0.3) is 5.91 Å². The predicted octanol–water partition coefficient (Wildman–Crippen LogP) is 2.39. The van der Waals surface area contributed by atoms with Crippen molar-refractivity contribution in [1.82, 2.24) is 5.32 Å². The summed E-state index contributed by atoms with van der Waals surface area (Å²) in [6.45, 7) is 3.31. The molecule has 0 spiro atoms. The van der Waals surface area contributed by atoms with Crippen LogP contribution in [0, 0.1) is 23.0 Å². The number of nitrogens with one attached hydrogen (secondary N) is 1. The van der Waals surface area contributed by atoms with E-state index in [0.29, 0.717) is 6.42 Å². The van der Waals surface area contributed by atoms with Gasteiger partial charge in [-0.2, -0.15) is 5.26 Å². The molecule has 1 N–H and O–H groups in total. The standard InChI is InChI=1S/C12H12F2N2O/c1-3-12(2,7-15)16-11(17)8-4-5-9(13)10(14)6-8/h4-6H,3H2,1-2H3,(H,16,17). The molecule has 3 nitrogen and oxygen atoms in total. The number of carbonyl (C=O) groups is 1. The monoisotopic (exact) mass is 238 g/mol. The molecular formula is C12H12F2N2O. The Balaban J connectivity index is 2.91. The van der Waals surface area contributed by atoms with Gasteiger partial charge in [-0.25, -0.2) is 8.78 Å². The topological polar surface area (TPSA) is 52.9 Å². The zero-order valence-corrected chi connectivity index (χ0v) is 9.55. The first-order valence-electron chi connectivity index (χ1n) is 5.10. The van der Waals surface area contributed by atoms with Gasteiger partial charge in [-0.3, -0.25) is 4.79 Å². The van der Waals surface area contributed by atoms with Crippen LogP contribution in [0.2, 0.25) is 0 Å². The molecule has 1 unspecified atom stereocenters. The van der Waals surface area contributed by atoms with Crippen molar-refractivity contribution in [3.63, 3.8) is 0 Å². The average molecular weight is 238 g/mol. The van der Waals surface area contributed by atoms with Crippen LogP contribution in [0.3, 0.4) is 0 Å². The lowest BCUT2D eigenvalue weighted by Crippen LogP contribution is -2.44. The summed E-state index contributed by atoms with van der Waals surface area (Å²) >= 11 is 0. The van der Waals surface area contributed by atoms with Crippen LogP contribution in [0.1, 0.15) is 30.6 Å². The number of halogens is 2. The molecule has 0 bridgehead atoms. The van der Waals surface area contributed by atoms with Crippen molar-refractivity contribution in [2.24, 2.45) is 0 Å². The van der Waals surface area contributed by atoms with Crippen LogP contribution in [-0.2, 0) is 0 Å². The Morgan fingerprint density at radius 2 is 2.12 bits per heavy atom. The summed E-state index contributed by atoms with van der Waals surface area (Å²) in [5.74, 6) is -2.71. The van der Waals surface area contributed by atoms with Gasteiger partial charge in [-0.15, -0.1) is 0 Å². The summed E-state index contributed by atoms with van der Waals surface area (Å²) < 4.78 is 25.6. The minimum atomic E-state index is -1.09. The SMILES string of the molecule is CCC(C)(C#N)NC(=O)c1ccc(F)c(F)c1. The number of rotatable bonds is 3. The highest BCUT2D eigenvalue weighted by Crippen LogP contribution is 2.12. The van der Waals surface area contributed by atoms with Crippen molar-refractivity contribution >= 4 is 5.91 Å². The highest BCUT2D eigenvalue weighted by Gasteiger charge is 2.24. The van der Waals surface area contributed by atoms with Gasteiger partial charge in [-0.1, -0.05) is 6.92 Å². The van der Waals surface area contributed by atoms with Crippen molar-refractivity contribution in [1.29, 1.82) is 5.26 Å². The van der Waals surface area contributed by atoms with Crippen molar-refractivity contribution in [3.8, 4) is 6.07 Å². The van der Waals surface area contributed by atoms with Crippen LogP contribution >= 0.6 is 0 Å². The van der Waals surface area contributed by atoms with E-state index >= 15 is 0 Å². The van der Waals surface area contributed by atoms with E-state index in [9.17, 15) is 13.6 Å². The maximum atomic E-state index is 12.9. The molecule has 1 amide bonds. The van der Waals surface area contributed by atoms with Crippen LogP contribution in [-0.4, -0.2) is 11.4 Å². The molecule has 1 aromatic carbocycles. The molecule has 1 atom stereocenters. The Labute approximate surface area is 98.1 Å². The Hall–Kier alpha value is -1.96. The molecule has 5 heteroatoms. The number of hydrogen-bond acceptors (Lipinski definition) is 2. The number of amides is 1. The molecule has 1 aromatic rings. The second kappa shape index (κ2) is 4.91. The van der Waals surface area contributed by atoms with Gasteiger partial charge in [0.1, 0.15) is 5.54 Å². The minimum absolute atomic E-state index is 0.0150. The molecule has 0 aromatic heterocycles. The molecule has 0 saturated heterocycles. The van der Waals surface area contributed by atoms with E-state index in [4.69, 9.17) is 5.26 Å². The molecule has 0 fully saturated rings. The molecule has 17 heavy (non-hydrogen) atoms. The quantitative estimate of drug-likeness (QED) is 0.879. The van der Waals surface area contributed by atoms with E-state index in [1.165, 1.54) is 6.07 Å². The third kappa shape index (κ3) is 3.00. The van der Waals surface area contributed by atoms with E-state index in [2.05, 4.69) is 5.32 Å². The van der Waals surface area contributed by atoms with Crippen molar-refractivity contribution < 1.29 is 13.6 Å². The average Bonchev–Trinajstić information content (AvgIpc) is 2.32. The van der Waals surface area contributed by atoms with Gasteiger partial charge in [-0.05, 0) is 31.5 Å². The lowest BCUT2D eigenvalue weighted by molar-refractivity contribution is 0.0922. The van der Waals surface area contributed by atoms with Gasteiger partial charge in [0.2, 0.25) is 0 Å². The van der Waals surface area contributed by atoms with Crippen LogP contribution < -0.4 is 5.32 Å². The first-order valence-corrected chi connectivity index (χ1v) is 5.10. The van der Waals surface area contributed by atoms with Gasteiger partial charge in [0.05, 0.1) is 6.07 Å². The first kappa shape index (κ1) is 13.1. The molecule has 0 saturated carbocycles. The Morgan fingerprint density at radius 1 is 1.47 bits per heavy atom. The third-order valence-electron chi connectivity index (χ3n) is 2.53. The second-order valence-electron chi connectivity index (χ2n) is 3.88. The summed E-state index contributed by atoms with van der Waals surface area (Å²) in [5, 5.41) is 11.3. The Morgan fingerprint density at radius 3 is 2.59 bits per heavy atom. The number of carbonyl (C=O) groups excluding carboxylic acids is 1. The van der Waals surface area contributed by atoms with E-state index < -0.39 is 23.1 Å².